The zero-order valence-electron chi connectivity index (χ0n) is 11.9. The Morgan fingerprint density at radius 2 is 2.11 bits per heavy atom. The smallest absolute Gasteiger partial charge is 0.170 e. The van der Waals surface area contributed by atoms with Gasteiger partial charge in [-0.1, -0.05) is 38.8 Å². The van der Waals surface area contributed by atoms with Crippen molar-refractivity contribution < 1.29 is 14.2 Å². The lowest BCUT2D eigenvalue weighted by Gasteiger charge is -2.41. The molecule has 1 aliphatic rings. The van der Waals surface area contributed by atoms with Gasteiger partial charge in [0.15, 0.2) is 11.6 Å². The van der Waals surface area contributed by atoms with Crippen LogP contribution in [-0.4, -0.2) is 12.2 Å². The van der Waals surface area contributed by atoms with Gasteiger partial charge in [0.05, 0.1) is 13.2 Å². The molecule has 19 heavy (non-hydrogen) atoms. The lowest BCUT2D eigenvalue weighted by atomic mass is 9.65. The average molecular weight is 266 g/mol. The summed E-state index contributed by atoms with van der Waals surface area (Å²) in [5.41, 5.74) is 0.409. The Kier molecular flexibility index (Phi) is 4.14. The zero-order valence-corrected chi connectivity index (χ0v) is 11.9. The van der Waals surface area contributed by atoms with Crippen molar-refractivity contribution in [2.45, 2.75) is 45.6 Å². The van der Waals surface area contributed by atoms with Crippen LogP contribution in [0.5, 0.6) is 5.75 Å². The molecule has 0 aliphatic heterocycles. The van der Waals surface area contributed by atoms with Crippen molar-refractivity contribution in [1.82, 2.24) is 0 Å². The van der Waals surface area contributed by atoms with Gasteiger partial charge >= 0.3 is 0 Å². The van der Waals surface area contributed by atoms with Gasteiger partial charge < -0.3 is 9.84 Å². The van der Waals surface area contributed by atoms with Gasteiger partial charge in [-0.2, -0.15) is 0 Å². The third-order valence-corrected chi connectivity index (χ3v) is 4.50. The van der Waals surface area contributed by atoms with Crippen LogP contribution in [0.3, 0.4) is 0 Å². The Hall–Kier alpha value is -1.09. The van der Waals surface area contributed by atoms with E-state index in [2.05, 4.69) is 13.8 Å². The second-order valence-corrected chi connectivity index (χ2v) is 6.15. The van der Waals surface area contributed by atoms with Crippen molar-refractivity contribution in [3.63, 3.8) is 0 Å². The molecule has 2 unspecified atom stereocenters. The molecule has 2 atom stereocenters. The maximum Gasteiger partial charge on any atom is 0.170 e. The third-order valence-electron chi connectivity index (χ3n) is 4.50. The number of rotatable bonds is 3. The summed E-state index contributed by atoms with van der Waals surface area (Å²) in [6.45, 7) is 4.33. The fourth-order valence-electron chi connectivity index (χ4n) is 3.24. The van der Waals surface area contributed by atoms with Crippen molar-refractivity contribution in [2.24, 2.45) is 11.3 Å². The molecule has 0 heterocycles. The van der Waals surface area contributed by atoms with Crippen LogP contribution in [0.25, 0.3) is 0 Å². The van der Waals surface area contributed by atoms with E-state index < -0.39 is 11.9 Å². The van der Waals surface area contributed by atoms with E-state index >= 15 is 0 Å². The fraction of sp³-hybridized carbons (Fsp3) is 0.625. The number of hydrogen-bond acceptors (Lipinski definition) is 2. The minimum atomic E-state index is -0.759. The van der Waals surface area contributed by atoms with Crippen LogP contribution in [0.2, 0.25) is 0 Å². The number of methoxy groups -OCH3 is 1. The maximum absolute atomic E-state index is 14.2. The van der Waals surface area contributed by atoms with Crippen LogP contribution in [0, 0.1) is 17.2 Å². The molecule has 0 amide bonds. The summed E-state index contributed by atoms with van der Waals surface area (Å²) in [6.07, 6.45) is 3.57. The molecule has 0 bridgehead atoms. The summed E-state index contributed by atoms with van der Waals surface area (Å²) in [6, 6.07) is 4.97. The highest BCUT2D eigenvalue weighted by Crippen LogP contribution is 2.47. The molecule has 0 radical (unpaired) electrons. The van der Waals surface area contributed by atoms with E-state index in [-0.39, 0.29) is 17.1 Å². The Balaban J connectivity index is 2.31. The Morgan fingerprint density at radius 1 is 1.37 bits per heavy atom. The Labute approximate surface area is 114 Å². The van der Waals surface area contributed by atoms with Crippen LogP contribution in [0.15, 0.2) is 18.2 Å². The van der Waals surface area contributed by atoms with E-state index in [9.17, 15) is 9.50 Å². The summed E-state index contributed by atoms with van der Waals surface area (Å²) in [7, 11) is 1.44. The molecule has 2 nitrogen and oxygen atoms in total. The van der Waals surface area contributed by atoms with Gasteiger partial charge in [0.2, 0.25) is 0 Å². The highest BCUT2D eigenvalue weighted by atomic mass is 19.1. The molecule has 1 aromatic carbocycles. The van der Waals surface area contributed by atoms with Crippen molar-refractivity contribution >= 4 is 0 Å². The molecule has 0 aromatic heterocycles. The SMILES string of the molecule is COc1cccc(C(O)C2CCCCC2(C)C)c1F. The molecule has 1 aromatic rings. The Morgan fingerprint density at radius 3 is 2.74 bits per heavy atom. The highest BCUT2D eigenvalue weighted by Gasteiger charge is 2.38. The van der Waals surface area contributed by atoms with Gasteiger partial charge in [-0.3, -0.25) is 0 Å². The van der Waals surface area contributed by atoms with Crippen molar-refractivity contribution in [1.29, 1.82) is 0 Å². The lowest BCUT2D eigenvalue weighted by molar-refractivity contribution is 0.00178. The van der Waals surface area contributed by atoms with Crippen LogP contribution in [0.1, 0.15) is 51.2 Å². The van der Waals surface area contributed by atoms with Crippen molar-refractivity contribution in [3.8, 4) is 5.75 Å². The van der Waals surface area contributed by atoms with E-state index in [1.807, 2.05) is 0 Å². The van der Waals surface area contributed by atoms with Crippen LogP contribution < -0.4 is 4.74 Å². The van der Waals surface area contributed by atoms with Gasteiger partial charge in [-0.05, 0) is 30.2 Å². The third kappa shape index (κ3) is 2.76. The van der Waals surface area contributed by atoms with E-state index in [0.717, 1.165) is 19.3 Å². The number of halogens is 1. The summed E-state index contributed by atoms with van der Waals surface area (Å²) >= 11 is 0. The minimum absolute atomic E-state index is 0.0488. The summed E-state index contributed by atoms with van der Waals surface area (Å²) < 4.78 is 19.2. The lowest BCUT2D eigenvalue weighted by Crippen LogP contribution is -2.33. The minimum Gasteiger partial charge on any atom is -0.494 e. The largest absolute Gasteiger partial charge is 0.494 e. The quantitative estimate of drug-likeness (QED) is 0.893. The van der Waals surface area contributed by atoms with E-state index in [4.69, 9.17) is 4.74 Å². The predicted octanol–water partition coefficient (Wildman–Crippen LogP) is 4.08. The molecule has 0 spiro atoms. The summed E-state index contributed by atoms with van der Waals surface area (Å²) in [4.78, 5) is 0. The van der Waals surface area contributed by atoms with Crippen LogP contribution >= 0.6 is 0 Å². The number of benzene rings is 1. The molecule has 106 valence electrons. The number of aliphatic hydroxyl groups excluding tert-OH is 1. The average Bonchev–Trinajstić information content (AvgIpc) is 2.38. The van der Waals surface area contributed by atoms with Crippen LogP contribution in [0.4, 0.5) is 4.39 Å². The van der Waals surface area contributed by atoms with Crippen molar-refractivity contribution in [3.05, 3.63) is 29.6 Å². The first-order valence-electron chi connectivity index (χ1n) is 6.98. The zero-order chi connectivity index (χ0) is 14.0. The highest BCUT2D eigenvalue weighted by molar-refractivity contribution is 5.32. The first kappa shape index (κ1) is 14.3. The predicted molar refractivity (Wildman–Crippen MR) is 73.7 cm³/mol. The summed E-state index contributed by atoms with van der Waals surface area (Å²) in [5, 5.41) is 10.6. The first-order valence-corrected chi connectivity index (χ1v) is 6.98. The van der Waals surface area contributed by atoms with Crippen LogP contribution in [-0.2, 0) is 0 Å². The van der Waals surface area contributed by atoms with Gasteiger partial charge in [-0.25, -0.2) is 4.39 Å². The molecule has 3 heteroatoms. The molecule has 1 aliphatic carbocycles. The second-order valence-electron chi connectivity index (χ2n) is 6.15. The van der Waals surface area contributed by atoms with Gasteiger partial charge in [0.1, 0.15) is 0 Å². The normalized spacial score (nSPS) is 23.9. The monoisotopic (exact) mass is 266 g/mol. The summed E-state index contributed by atoms with van der Waals surface area (Å²) in [5.74, 6) is -0.133. The number of hydrogen-bond donors (Lipinski definition) is 1. The standard InChI is InChI=1S/C16H23FO2/c1-16(2)10-5-4-8-12(16)15(18)11-7-6-9-13(19-3)14(11)17/h6-7,9,12,15,18H,4-5,8,10H2,1-3H3. The van der Waals surface area contributed by atoms with Gasteiger partial charge in [0, 0.05) is 5.56 Å². The van der Waals surface area contributed by atoms with E-state index in [0.29, 0.717) is 5.56 Å². The molecule has 1 saturated carbocycles. The molecule has 0 saturated heterocycles. The number of ether oxygens (including phenoxy) is 1. The second kappa shape index (κ2) is 5.49. The molecule has 1 fully saturated rings. The fourth-order valence-corrected chi connectivity index (χ4v) is 3.24. The molecule has 2 rings (SSSR count). The van der Waals surface area contributed by atoms with Gasteiger partial charge in [0.25, 0.3) is 0 Å². The molecular formula is C16H23FO2. The van der Waals surface area contributed by atoms with E-state index in [1.165, 1.54) is 13.5 Å². The molecular weight excluding hydrogens is 243 g/mol. The first-order chi connectivity index (χ1) is 8.97. The maximum atomic E-state index is 14.2. The Bertz CT molecular complexity index is 442. The van der Waals surface area contributed by atoms with Crippen molar-refractivity contribution in [2.75, 3.05) is 7.11 Å². The number of aliphatic hydroxyl groups is 1. The topological polar surface area (TPSA) is 29.5 Å². The molecule has 1 N–H and O–H groups in total. The van der Waals surface area contributed by atoms with Gasteiger partial charge in [-0.15, -0.1) is 0 Å². The van der Waals surface area contributed by atoms with E-state index in [1.54, 1.807) is 18.2 Å².